The van der Waals surface area contributed by atoms with Gasteiger partial charge in [-0.25, -0.2) is 15.1 Å². The number of benzene rings is 1. The number of hydrogen-bond donors (Lipinski definition) is 1. The molecule has 2 atom stereocenters. The van der Waals surface area contributed by atoms with E-state index in [0.717, 1.165) is 18.5 Å². The van der Waals surface area contributed by atoms with Crippen LogP contribution in [0.2, 0.25) is 0 Å². The number of hydrogen-bond acceptors (Lipinski definition) is 7. The molecule has 3 saturated heterocycles. The number of nitrogens with one attached hydrogen (secondary N) is 1. The Morgan fingerprint density at radius 1 is 1.05 bits per heavy atom. The maximum absolute atomic E-state index is 12.9. The van der Waals surface area contributed by atoms with E-state index >= 15 is 0 Å². The third-order valence-corrected chi connectivity index (χ3v) is 6.76. The minimum absolute atomic E-state index is 0.0514. The number of hydroxylamine groups is 3. The van der Waals surface area contributed by atoms with E-state index < -0.39 is 11.6 Å². The SMILES string of the molecule is CC(C)(C)OC(=O)N1CCCN(CCONC(=O)[C@@H]2CC[C@@H]3CN2C(=O)N3OCc2ccccc2)CC1. The maximum Gasteiger partial charge on any atom is 0.410 e. The fourth-order valence-electron chi connectivity index (χ4n) is 4.86. The molecule has 3 fully saturated rings. The van der Waals surface area contributed by atoms with E-state index in [-0.39, 0.29) is 24.1 Å². The summed E-state index contributed by atoms with van der Waals surface area (Å²) in [6.45, 7) is 10.1. The molecule has 4 rings (SSSR count). The molecular weight excluding hydrogens is 478 g/mol. The molecule has 204 valence electrons. The second-order valence-corrected chi connectivity index (χ2v) is 10.7. The average molecular weight is 518 g/mol. The van der Waals surface area contributed by atoms with Crippen LogP contribution in [-0.2, 0) is 25.8 Å². The summed E-state index contributed by atoms with van der Waals surface area (Å²) in [6.07, 6.45) is 1.81. The van der Waals surface area contributed by atoms with Gasteiger partial charge in [-0.15, -0.1) is 0 Å². The molecular formula is C26H39N5O6. The molecule has 0 unspecified atom stereocenters. The van der Waals surface area contributed by atoms with Gasteiger partial charge in [-0.1, -0.05) is 30.3 Å². The summed E-state index contributed by atoms with van der Waals surface area (Å²) in [5, 5.41) is 1.42. The van der Waals surface area contributed by atoms with Crippen LogP contribution in [0.25, 0.3) is 0 Å². The summed E-state index contributed by atoms with van der Waals surface area (Å²) in [7, 11) is 0. The molecule has 0 aliphatic carbocycles. The van der Waals surface area contributed by atoms with E-state index in [2.05, 4.69) is 10.4 Å². The summed E-state index contributed by atoms with van der Waals surface area (Å²) < 4.78 is 5.48. The molecule has 0 radical (unpaired) electrons. The number of fused-ring (bicyclic) bond motifs is 2. The summed E-state index contributed by atoms with van der Waals surface area (Å²) in [5.74, 6) is -0.316. The van der Waals surface area contributed by atoms with Crippen LogP contribution in [0.4, 0.5) is 9.59 Å². The van der Waals surface area contributed by atoms with Crippen LogP contribution >= 0.6 is 0 Å². The van der Waals surface area contributed by atoms with Crippen LogP contribution in [0.5, 0.6) is 0 Å². The van der Waals surface area contributed by atoms with Crippen molar-refractivity contribution in [1.29, 1.82) is 0 Å². The second kappa shape index (κ2) is 12.1. The van der Waals surface area contributed by atoms with Gasteiger partial charge in [0.1, 0.15) is 18.2 Å². The first kappa shape index (κ1) is 27.2. The molecule has 11 heteroatoms. The molecule has 0 saturated carbocycles. The van der Waals surface area contributed by atoms with Crippen molar-refractivity contribution in [2.75, 3.05) is 45.9 Å². The monoisotopic (exact) mass is 517 g/mol. The molecule has 37 heavy (non-hydrogen) atoms. The van der Waals surface area contributed by atoms with Gasteiger partial charge in [0.15, 0.2) is 0 Å². The lowest BCUT2D eigenvalue weighted by Gasteiger charge is -2.29. The van der Waals surface area contributed by atoms with E-state index in [0.29, 0.717) is 58.8 Å². The number of amides is 4. The second-order valence-electron chi connectivity index (χ2n) is 10.7. The topological polar surface area (TPSA) is 104 Å². The van der Waals surface area contributed by atoms with Crippen molar-refractivity contribution >= 4 is 18.0 Å². The first-order valence-corrected chi connectivity index (χ1v) is 13.1. The quantitative estimate of drug-likeness (QED) is 0.417. The zero-order chi connectivity index (χ0) is 26.4. The van der Waals surface area contributed by atoms with Crippen LogP contribution in [0.15, 0.2) is 30.3 Å². The Kier molecular flexibility index (Phi) is 8.88. The first-order chi connectivity index (χ1) is 17.7. The number of carbonyl (C=O) groups excluding carboxylic acids is 3. The van der Waals surface area contributed by atoms with E-state index in [1.807, 2.05) is 51.1 Å². The lowest BCUT2D eigenvalue weighted by molar-refractivity contribution is -0.141. The molecule has 1 aromatic carbocycles. The van der Waals surface area contributed by atoms with Crippen LogP contribution in [0, 0.1) is 0 Å². The number of rotatable bonds is 8. The number of carbonyl (C=O) groups is 3. The van der Waals surface area contributed by atoms with Gasteiger partial charge in [-0.2, -0.15) is 5.06 Å². The van der Waals surface area contributed by atoms with Crippen LogP contribution < -0.4 is 5.48 Å². The standard InChI is InChI=1S/C26H39N5O6/c1-26(2,3)37-25(34)29-13-7-12-28(14-15-29)16-17-35-27-23(32)22-11-10-21-18-30(22)24(33)31(21)36-19-20-8-5-4-6-9-20/h4-6,8-9,21-22H,7,10-19H2,1-3H3,(H,27,32)/t21-,22+/m1/s1. The Hall–Kier alpha value is -2.89. The summed E-state index contributed by atoms with van der Waals surface area (Å²) in [5.41, 5.74) is 3.00. The number of piperidine rings is 1. The maximum atomic E-state index is 12.9. The Morgan fingerprint density at radius 2 is 1.84 bits per heavy atom. The van der Waals surface area contributed by atoms with Gasteiger partial charge >= 0.3 is 12.1 Å². The summed E-state index contributed by atoms with van der Waals surface area (Å²) >= 11 is 0. The third kappa shape index (κ3) is 7.33. The zero-order valence-corrected chi connectivity index (χ0v) is 22.1. The highest BCUT2D eigenvalue weighted by Crippen LogP contribution is 2.30. The van der Waals surface area contributed by atoms with Gasteiger partial charge in [0.2, 0.25) is 0 Å². The first-order valence-electron chi connectivity index (χ1n) is 13.1. The number of urea groups is 1. The van der Waals surface area contributed by atoms with Crippen molar-refractivity contribution in [3.63, 3.8) is 0 Å². The molecule has 11 nitrogen and oxygen atoms in total. The van der Waals surface area contributed by atoms with Crippen molar-refractivity contribution < 1.29 is 28.8 Å². The van der Waals surface area contributed by atoms with E-state index in [9.17, 15) is 14.4 Å². The van der Waals surface area contributed by atoms with Gasteiger partial charge in [-0.05, 0) is 52.1 Å². The highest BCUT2D eigenvalue weighted by Gasteiger charge is 2.48. The highest BCUT2D eigenvalue weighted by molar-refractivity contribution is 5.88. The minimum Gasteiger partial charge on any atom is -0.444 e. The molecule has 1 aromatic rings. The molecule has 4 amide bonds. The fraction of sp³-hybridized carbons (Fsp3) is 0.654. The Balaban J connectivity index is 1.16. The van der Waals surface area contributed by atoms with E-state index in [4.69, 9.17) is 14.4 Å². The van der Waals surface area contributed by atoms with Gasteiger partial charge in [-0.3, -0.25) is 19.4 Å². The molecule has 2 bridgehead atoms. The van der Waals surface area contributed by atoms with Gasteiger partial charge in [0.05, 0.1) is 12.6 Å². The molecule has 1 N–H and O–H groups in total. The predicted molar refractivity (Wildman–Crippen MR) is 135 cm³/mol. The van der Waals surface area contributed by atoms with Crippen LogP contribution in [0.3, 0.4) is 0 Å². The normalized spacial score (nSPS) is 22.7. The summed E-state index contributed by atoms with van der Waals surface area (Å²) in [4.78, 5) is 54.8. The highest BCUT2D eigenvalue weighted by atomic mass is 16.7. The van der Waals surface area contributed by atoms with Crippen molar-refractivity contribution in [2.45, 2.75) is 64.3 Å². The molecule has 0 spiro atoms. The molecule has 3 heterocycles. The number of nitrogens with zero attached hydrogens (tertiary/aromatic N) is 4. The number of ether oxygens (including phenoxy) is 1. The molecule has 3 aliphatic rings. The minimum atomic E-state index is -0.574. The fourth-order valence-corrected chi connectivity index (χ4v) is 4.86. The smallest absolute Gasteiger partial charge is 0.410 e. The molecule has 0 aromatic heterocycles. The van der Waals surface area contributed by atoms with Gasteiger partial charge < -0.3 is 14.5 Å². The lowest BCUT2D eigenvalue weighted by Crippen LogP contribution is -2.50. The van der Waals surface area contributed by atoms with Gasteiger partial charge in [0.25, 0.3) is 5.91 Å². The Labute approximate surface area is 218 Å². The van der Waals surface area contributed by atoms with Crippen molar-refractivity contribution in [1.82, 2.24) is 25.2 Å². The van der Waals surface area contributed by atoms with Crippen LogP contribution in [0.1, 0.15) is 45.6 Å². The van der Waals surface area contributed by atoms with Gasteiger partial charge in [0, 0.05) is 32.7 Å². The third-order valence-electron chi connectivity index (χ3n) is 6.76. The predicted octanol–water partition coefficient (Wildman–Crippen LogP) is 2.38. The Morgan fingerprint density at radius 3 is 2.59 bits per heavy atom. The van der Waals surface area contributed by atoms with Crippen LogP contribution in [-0.4, -0.2) is 101 Å². The van der Waals surface area contributed by atoms with Crippen molar-refractivity contribution in [3.05, 3.63) is 35.9 Å². The lowest BCUT2D eigenvalue weighted by atomic mass is 10.0. The largest absolute Gasteiger partial charge is 0.444 e. The summed E-state index contributed by atoms with van der Waals surface area (Å²) in [6, 6.07) is 8.78. The van der Waals surface area contributed by atoms with Crippen molar-refractivity contribution in [3.8, 4) is 0 Å². The van der Waals surface area contributed by atoms with E-state index in [1.54, 1.807) is 9.80 Å². The molecule has 3 aliphatic heterocycles. The zero-order valence-electron chi connectivity index (χ0n) is 22.1. The van der Waals surface area contributed by atoms with E-state index in [1.165, 1.54) is 5.06 Å². The van der Waals surface area contributed by atoms with Crippen molar-refractivity contribution in [2.24, 2.45) is 0 Å². The Bertz CT molecular complexity index is 939. The average Bonchev–Trinajstić information content (AvgIpc) is 3.01.